The lowest BCUT2D eigenvalue weighted by atomic mass is 9.90. The van der Waals surface area contributed by atoms with Crippen molar-refractivity contribution in [2.45, 2.75) is 45.3 Å². The summed E-state index contributed by atoms with van der Waals surface area (Å²) in [4.78, 5) is 14.7. The second-order valence-electron chi connectivity index (χ2n) is 10.5. The van der Waals surface area contributed by atoms with Crippen molar-refractivity contribution in [1.29, 1.82) is 5.26 Å². The van der Waals surface area contributed by atoms with E-state index in [2.05, 4.69) is 11.4 Å². The molecule has 0 saturated carbocycles. The molecule has 0 radical (unpaired) electrons. The van der Waals surface area contributed by atoms with Crippen LogP contribution in [0.25, 0.3) is 0 Å². The highest BCUT2D eigenvalue weighted by molar-refractivity contribution is 5.77. The molecule has 0 aliphatic carbocycles. The molecule has 2 aromatic carbocycles. The number of hydroxylamine groups is 3. The van der Waals surface area contributed by atoms with Crippen molar-refractivity contribution >= 4 is 11.6 Å². The van der Waals surface area contributed by atoms with Crippen LogP contribution >= 0.6 is 0 Å². The fourth-order valence-corrected chi connectivity index (χ4v) is 5.33. The number of rotatable bonds is 12. The molecular weight excluding hydrogens is 563 g/mol. The Hall–Kier alpha value is -4.05. The number of epoxide rings is 1. The van der Waals surface area contributed by atoms with Crippen molar-refractivity contribution in [2.24, 2.45) is 5.73 Å². The Balaban J connectivity index is 1.86. The lowest BCUT2D eigenvalue weighted by Crippen LogP contribution is -2.59. The SMILES string of the molecule is CCO/C(C1=C(C)N(c2cccc(C(F)(F)F)c2)C[N+]([O-])(CC(=O)NCCCCCN)C1c1ccc(C#N)cc1)=C1/CO1. The van der Waals surface area contributed by atoms with Gasteiger partial charge in [0.15, 0.2) is 24.7 Å². The van der Waals surface area contributed by atoms with Gasteiger partial charge in [0.2, 0.25) is 0 Å². The normalized spacial score (nSPS) is 21.2. The van der Waals surface area contributed by atoms with Crippen molar-refractivity contribution in [3.63, 3.8) is 0 Å². The minimum absolute atomic E-state index is 0.154. The number of benzene rings is 2. The third-order valence-electron chi connectivity index (χ3n) is 7.45. The summed E-state index contributed by atoms with van der Waals surface area (Å²) in [6.07, 6.45) is -2.26. The number of nitriles is 1. The van der Waals surface area contributed by atoms with Crippen molar-refractivity contribution in [1.82, 2.24) is 5.32 Å². The Morgan fingerprint density at radius 3 is 2.56 bits per heavy atom. The van der Waals surface area contributed by atoms with Crippen LogP contribution in [0.2, 0.25) is 0 Å². The fourth-order valence-electron chi connectivity index (χ4n) is 5.33. The molecule has 0 bridgehead atoms. The number of unbranched alkanes of at least 4 members (excludes halogenated alkanes) is 2. The van der Waals surface area contributed by atoms with Gasteiger partial charge in [-0.2, -0.15) is 18.4 Å². The first kappa shape index (κ1) is 31.9. The number of amides is 1. The molecule has 2 unspecified atom stereocenters. The molecule has 230 valence electrons. The Kier molecular flexibility index (Phi) is 10.0. The van der Waals surface area contributed by atoms with Crippen LogP contribution in [0.3, 0.4) is 0 Å². The van der Waals surface area contributed by atoms with E-state index >= 15 is 5.21 Å². The minimum Gasteiger partial charge on any atom is -0.630 e. The first-order valence-electron chi connectivity index (χ1n) is 14.2. The van der Waals surface area contributed by atoms with E-state index in [-0.39, 0.29) is 25.6 Å². The van der Waals surface area contributed by atoms with Crippen molar-refractivity contribution in [3.05, 3.63) is 93.2 Å². The zero-order valence-corrected chi connectivity index (χ0v) is 24.2. The van der Waals surface area contributed by atoms with E-state index in [4.69, 9.17) is 15.2 Å². The minimum atomic E-state index is -4.59. The molecule has 2 aromatic rings. The van der Waals surface area contributed by atoms with Gasteiger partial charge in [-0.1, -0.05) is 24.6 Å². The largest absolute Gasteiger partial charge is 0.630 e. The predicted octanol–water partition coefficient (Wildman–Crippen LogP) is 5.21. The number of carbonyl (C=O) groups is 1. The summed E-state index contributed by atoms with van der Waals surface area (Å²) in [5.41, 5.74) is 6.66. The molecule has 1 amide bonds. The number of halogens is 3. The maximum absolute atomic E-state index is 15.1. The summed E-state index contributed by atoms with van der Waals surface area (Å²) in [6.45, 7) is 4.06. The van der Waals surface area contributed by atoms with E-state index in [9.17, 15) is 23.2 Å². The van der Waals surface area contributed by atoms with Gasteiger partial charge in [0.25, 0.3) is 5.91 Å². The number of ether oxygens (including phenoxy) is 2. The smallest absolute Gasteiger partial charge is 0.416 e. The van der Waals surface area contributed by atoms with Crippen molar-refractivity contribution in [2.75, 3.05) is 44.4 Å². The van der Waals surface area contributed by atoms with Crippen LogP contribution in [0, 0.1) is 16.5 Å². The average molecular weight is 600 g/mol. The monoisotopic (exact) mass is 599 g/mol. The van der Waals surface area contributed by atoms with Gasteiger partial charge in [-0.15, -0.1) is 0 Å². The molecule has 2 atom stereocenters. The van der Waals surface area contributed by atoms with E-state index in [1.54, 1.807) is 38.1 Å². The summed E-state index contributed by atoms with van der Waals surface area (Å²) in [5.74, 6) is 0.348. The molecule has 12 heteroatoms. The summed E-state index contributed by atoms with van der Waals surface area (Å²) in [7, 11) is 0. The Morgan fingerprint density at radius 1 is 1.23 bits per heavy atom. The second-order valence-corrected chi connectivity index (χ2v) is 10.5. The molecule has 0 aromatic heterocycles. The zero-order chi connectivity index (χ0) is 31.2. The van der Waals surface area contributed by atoms with Crippen LogP contribution in [-0.2, 0) is 20.4 Å². The summed E-state index contributed by atoms with van der Waals surface area (Å²) < 4.78 is 51.4. The van der Waals surface area contributed by atoms with Gasteiger partial charge in [0, 0.05) is 23.5 Å². The average Bonchev–Trinajstić information content (AvgIpc) is 3.82. The molecule has 3 N–H and O–H groups in total. The van der Waals surface area contributed by atoms with E-state index in [0.717, 1.165) is 25.0 Å². The van der Waals surface area contributed by atoms with Gasteiger partial charge in [-0.25, -0.2) is 0 Å². The first-order chi connectivity index (χ1) is 20.5. The van der Waals surface area contributed by atoms with E-state index in [1.807, 2.05) is 0 Å². The molecular formula is C31H36F3N5O4. The number of anilines is 1. The Morgan fingerprint density at radius 2 is 1.95 bits per heavy atom. The first-order valence-corrected chi connectivity index (χ1v) is 14.2. The predicted molar refractivity (Wildman–Crippen MR) is 154 cm³/mol. The van der Waals surface area contributed by atoms with Crippen LogP contribution in [0.5, 0.6) is 0 Å². The van der Waals surface area contributed by atoms with Crippen LogP contribution in [0.4, 0.5) is 18.9 Å². The number of alkyl halides is 3. The molecule has 2 heterocycles. The van der Waals surface area contributed by atoms with Gasteiger partial charge < -0.3 is 30.4 Å². The number of nitrogens with one attached hydrogen (secondary N) is 1. The van der Waals surface area contributed by atoms with Crippen LogP contribution in [0.1, 0.15) is 55.8 Å². The Bertz CT molecular complexity index is 1410. The number of hydrogen-bond donors (Lipinski definition) is 2. The maximum atomic E-state index is 15.1. The third-order valence-corrected chi connectivity index (χ3v) is 7.45. The molecule has 9 nitrogen and oxygen atoms in total. The summed E-state index contributed by atoms with van der Waals surface area (Å²) in [5, 5.41) is 27.3. The summed E-state index contributed by atoms with van der Waals surface area (Å²) in [6, 6.07) is 12.3. The van der Waals surface area contributed by atoms with E-state index in [0.29, 0.717) is 53.4 Å². The van der Waals surface area contributed by atoms with E-state index in [1.165, 1.54) is 17.0 Å². The molecule has 2 aliphatic rings. The van der Waals surface area contributed by atoms with Gasteiger partial charge in [-0.05, 0) is 63.6 Å². The lowest BCUT2D eigenvalue weighted by molar-refractivity contribution is -0.899. The van der Waals surface area contributed by atoms with Crippen LogP contribution < -0.4 is 16.0 Å². The highest BCUT2D eigenvalue weighted by Gasteiger charge is 2.47. The van der Waals surface area contributed by atoms with Gasteiger partial charge in [0.05, 0.1) is 29.4 Å². The molecule has 43 heavy (non-hydrogen) atoms. The second kappa shape index (κ2) is 13.5. The van der Waals surface area contributed by atoms with Gasteiger partial charge in [-0.3, -0.25) is 9.69 Å². The van der Waals surface area contributed by atoms with E-state index < -0.39 is 34.9 Å². The van der Waals surface area contributed by atoms with Crippen molar-refractivity contribution in [3.8, 4) is 6.07 Å². The standard InChI is InChI=1S/C31H36F3N5O4/c1-3-42-30(26-19-43-26)28-21(2)38(25-9-7-8-24(16-25)31(32,33)34)20-39(41,18-27(40)37-15-6-4-5-14-35)29(28)23-12-10-22(17-36)11-13-23/h7-13,16,29H,3-6,14-15,18-20,35H2,1-2H3,(H,37,40)/b30-26-. The van der Waals surface area contributed by atoms with Crippen LogP contribution in [0.15, 0.2) is 71.3 Å². The number of nitrogens with two attached hydrogens (primary N) is 1. The van der Waals surface area contributed by atoms with Gasteiger partial charge >= 0.3 is 6.18 Å². The van der Waals surface area contributed by atoms with Gasteiger partial charge in [0.1, 0.15) is 12.6 Å². The number of nitrogens with zero attached hydrogens (tertiary/aromatic N) is 3. The summed E-state index contributed by atoms with van der Waals surface area (Å²) >= 11 is 0. The topological polar surface area (TPSA) is 127 Å². The maximum Gasteiger partial charge on any atom is 0.416 e. The number of carbonyl (C=O) groups excluding carboxylic acids is 1. The fraction of sp³-hybridized carbons (Fsp3) is 0.419. The number of hydrogen-bond acceptors (Lipinski definition) is 7. The van der Waals surface area contributed by atoms with Crippen molar-refractivity contribution < 1.29 is 32.1 Å². The quantitative estimate of drug-likeness (QED) is 0.113. The molecule has 2 aliphatic heterocycles. The third kappa shape index (κ3) is 7.48. The molecule has 1 fully saturated rings. The zero-order valence-electron chi connectivity index (χ0n) is 24.2. The molecule has 0 spiro atoms. The number of quaternary nitrogens is 1. The Labute approximate surface area is 249 Å². The highest BCUT2D eigenvalue weighted by Crippen LogP contribution is 2.48. The highest BCUT2D eigenvalue weighted by atomic mass is 19.4. The molecule has 1 saturated heterocycles. The number of allylic oxidation sites excluding steroid dienone is 1. The lowest BCUT2D eigenvalue weighted by Gasteiger charge is -2.55. The van der Waals surface area contributed by atoms with Crippen LogP contribution in [-0.4, -0.2) is 50.1 Å². The molecule has 4 rings (SSSR count).